The molecule has 2 atom stereocenters. The van der Waals surface area contributed by atoms with Gasteiger partial charge in [0.15, 0.2) is 0 Å². The molecule has 2 heterocycles. The molecular formula is C16H18ClF3N4O2. The highest BCUT2D eigenvalue weighted by atomic mass is 35.5. The van der Waals surface area contributed by atoms with E-state index in [1.807, 2.05) is 6.92 Å². The van der Waals surface area contributed by atoms with Crippen molar-refractivity contribution >= 4 is 18.3 Å². The van der Waals surface area contributed by atoms with E-state index in [0.717, 1.165) is 12.8 Å². The summed E-state index contributed by atoms with van der Waals surface area (Å²) in [5.74, 6) is -1.71. The van der Waals surface area contributed by atoms with Crippen LogP contribution in [0.4, 0.5) is 13.2 Å². The van der Waals surface area contributed by atoms with Crippen molar-refractivity contribution in [2.75, 3.05) is 6.54 Å². The van der Waals surface area contributed by atoms with Gasteiger partial charge in [0.2, 0.25) is 5.82 Å². The predicted octanol–water partition coefficient (Wildman–Crippen LogP) is 3.13. The van der Waals surface area contributed by atoms with Crippen molar-refractivity contribution in [2.24, 2.45) is 5.73 Å². The van der Waals surface area contributed by atoms with Gasteiger partial charge in [-0.25, -0.2) is 0 Å². The number of carbonyl (C=O) groups excluding carboxylic acids is 1. The molecule has 142 valence electrons. The number of alkyl halides is 3. The quantitative estimate of drug-likeness (QED) is 0.851. The summed E-state index contributed by atoms with van der Waals surface area (Å²) in [5.41, 5.74) is 6.69. The molecule has 0 bridgehead atoms. The van der Waals surface area contributed by atoms with E-state index in [1.165, 1.54) is 12.1 Å². The first kappa shape index (κ1) is 20.2. The van der Waals surface area contributed by atoms with Crippen molar-refractivity contribution in [1.82, 2.24) is 15.0 Å². The van der Waals surface area contributed by atoms with Crippen LogP contribution in [-0.2, 0) is 6.18 Å². The minimum atomic E-state index is -4.69. The number of nitrogens with zero attached hydrogens (tertiary/aromatic N) is 3. The molecule has 2 aromatic rings. The predicted molar refractivity (Wildman–Crippen MR) is 89.7 cm³/mol. The van der Waals surface area contributed by atoms with E-state index in [1.54, 1.807) is 17.0 Å². The maximum atomic E-state index is 12.6. The van der Waals surface area contributed by atoms with E-state index in [4.69, 9.17) is 5.73 Å². The highest BCUT2D eigenvalue weighted by Gasteiger charge is 2.38. The van der Waals surface area contributed by atoms with E-state index >= 15 is 0 Å². The lowest BCUT2D eigenvalue weighted by Gasteiger charge is -2.36. The maximum Gasteiger partial charge on any atom is 0.471 e. The third-order valence-corrected chi connectivity index (χ3v) is 4.24. The van der Waals surface area contributed by atoms with E-state index in [2.05, 4.69) is 14.7 Å². The lowest BCUT2D eigenvalue weighted by molar-refractivity contribution is -0.159. The standard InChI is InChI=1S/C16H17F3N4O2.ClH/c1-9-8-12(20)6-7-23(9)14(24)11-4-2-10(3-5-11)13-21-15(25-22-13)16(17,18)19;/h2-5,9,12H,6-8,20H2,1H3;1H. The van der Waals surface area contributed by atoms with Gasteiger partial charge in [-0.05, 0) is 31.9 Å². The van der Waals surface area contributed by atoms with Gasteiger partial charge in [0, 0.05) is 29.8 Å². The fraction of sp³-hybridized carbons (Fsp3) is 0.438. The van der Waals surface area contributed by atoms with E-state index in [9.17, 15) is 18.0 Å². The number of piperidine rings is 1. The summed E-state index contributed by atoms with van der Waals surface area (Å²) in [6, 6.07) is 6.23. The minimum Gasteiger partial charge on any atom is -0.336 e. The van der Waals surface area contributed by atoms with Crippen LogP contribution in [0.25, 0.3) is 11.4 Å². The second-order valence-electron chi connectivity index (χ2n) is 6.13. The van der Waals surface area contributed by atoms with Crippen LogP contribution >= 0.6 is 12.4 Å². The SMILES string of the molecule is CC1CC(N)CCN1C(=O)c1ccc(-c2noc(C(F)(F)F)n2)cc1.Cl. The van der Waals surface area contributed by atoms with Gasteiger partial charge in [-0.2, -0.15) is 18.2 Å². The van der Waals surface area contributed by atoms with Crippen LogP contribution in [0.15, 0.2) is 28.8 Å². The van der Waals surface area contributed by atoms with Gasteiger partial charge in [-0.15, -0.1) is 12.4 Å². The average Bonchev–Trinajstić information content (AvgIpc) is 3.05. The van der Waals surface area contributed by atoms with Crippen molar-refractivity contribution in [3.05, 3.63) is 35.7 Å². The summed E-state index contributed by atoms with van der Waals surface area (Å²) in [6.45, 7) is 2.53. The lowest BCUT2D eigenvalue weighted by Crippen LogP contribution is -2.48. The summed E-state index contributed by atoms with van der Waals surface area (Å²) in [7, 11) is 0. The third kappa shape index (κ3) is 4.16. The van der Waals surface area contributed by atoms with Gasteiger partial charge in [0.05, 0.1) is 0 Å². The summed E-state index contributed by atoms with van der Waals surface area (Å²) in [6.07, 6.45) is -3.20. The number of likely N-dealkylation sites (tertiary alicyclic amines) is 1. The van der Waals surface area contributed by atoms with E-state index < -0.39 is 12.1 Å². The van der Waals surface area contributed by atoms with Crippen LogP contribution < -0.4 is 5.73 Å². The zero-order chi connectivity index (χ0) is 18.2. The van der Waals surface area contributed by atoms with Crippen molar-refractivity contribution in [1.29, 1.82) is 0 Å². The van der Waals surface area contributed by atoms with Gasteiger partial charge < -0.3 is 15.2 Å². The van der Waals surface area contributed by atoms with Crippen molar-refractivity contribution in [3.63, 3.8) is 0 Å². The number of carbonyl (C=O) groups is 1. The van der Waals surface area contributed by atoms with Crippen molar-refractivity contribution < 1.29 is 22.5 Å². The Hall–Kier alpha value is -2.13. The maximum absolute atomic E-state index is 12.6. The molecule has 1 aromatic carbocycles. The third-order valence-electron chi connectivity index (χ3n) is 4.24. The Kier molecular flexibility index (Phi) is 5.92. The highest BCUT2D eigenvalue weighted by Crippen LogP contribution is 2.29. The molecule has 2 N–H and O–H groups in total. The largest absolute Gasteiger partial charge is 0.471 e. The Morgan fingerprint density at radius 2 is 1.96 bits per heavy atom. The second-order valence-corrected chi connectivity index (χ2v) is 6.13. The zero-order valence-corrected chi connectivity index (χ0v) is 14.7. The van der Waals surface area contributed by atoms with Gasteiger partial charge in [0.1, 0.15) is 0 Å². The topological polar surface area (TPSA) is 85.2 Å². The van der Waals surface area contributed by atoms with E-state index in [0.29, 0.717) is 17.7 Å². The summed E-state index contributed by atoms with van der Waals surface area (Å²) < 4.78 is 41.7. The molecule has 1 aromatic heterocycles. The molecule has 26 heavy (non-hydrogen) atoms. The molecule has 0 spiro atoms. The molecule has 0 radical (unpaired) electrons. The van der Waals surface area contributed by atoms with Crippen LogP contribution in [0.1, 0.15) is 36.0 Å². The Morgan fingerprint density at radius 1 is 1.31 bits per heavy atom. The molecule has 0 aliphatic carbocycles. The smallest absolute Gasteiger partial charge is 0.336 e. The molecular weight excluding hydrogens is 373 g/mol. The number of rotatable bonds is 2. The van der Waals surface area contributed by atoms with E-state index in [-0.39, 0.29) is 36.2 Å². The number of amides is 1. The van der Waals surface area contributed by atoms with Gasteiger partial charge >= 0.3 is 12.1 Å². The Balaban J connectivity index is 0.00000243. The molecule has 1 fully saturated rings. The molecule has 1 saturated heterocycles. The van der Waals surface area contributed by atoms with Crippen LogP contribution in [0.5, 0.6) is 0 Å². The normalized spacial score (nSPS) is 20.6. The second kappa shape index (κ2) is 7.63. The van der Waals surface area contributed by atoms with Crippen molar-refractivity contribution in [3.8, 4) is 11.4 Å². The first-order chi connectivity index (χ1) is 11.8. The van der Waals surface area contributed by atoms with Crippen LogP contribution in [0, 0.1) is 0 Å². The summed E-state index contributed by atoms with van der Waals surface area (Å²) in [4.78, 5) is 17.7. The fourth-order valence-corrected chi connectivity index (χ4v) is 2.89. The number of halogens is 4. The van der Waals surface area contributed by atoms with Crippen LogP contribution in [0.3, 0.4) is 0 Å². The molecule has 2 unspecified atom stereocenters. The Labute approximate surface area is 153 Å². The number of nitrogens with two attached hydrogens (primary N) is 1. The lowest BCUT2D eigenvalue weighted by atomic mass is 9.98. The molecule has 1 aliphatic heterocycles. The van der Waals surface area contributed by atoms with Crippen molar-refractivity contribution in [2.45, 2.75) is 38.0 Å². The number of aromatic nitrogens is 2. The minimum absolute atomic E-state index is 0. The van der Waals surface area contributed by atoms with Crippen LogP contribution in [-0.4, -0.2) is 39.6 Å². The molecule has 3 rings (SSSR count). The fourth-order valence-electron chi connectivity index (χ4n) is 2.89. The Morgan fingerprint density at radius 3 is 2.50 bits per heavy atom. The summed E-state index contributed by atoms with van der Waals surface area (Å²) in [5, 5.41) is 3.32. The Bertz CT molecular complexity index is 764. The molecule has 10 heteroatoms. The first-order valence-corrected chi connectivity index (χ1v) is 7.83. The molecule has 6 nitrogen and oxygen atoms in total. The zero-order valence-electron chi connectivity index (χ0n) is 13.9. The number of hydrogen-bond donors (Lipinski definition) is 1. The van der Waals surface area contributed by atoms with Crippen LogP contribution in [0.2, 0.25) is 0 Å². The van der Waals surface area contributed by atoms with Gasteiger partial charge in [-0.1, -0.05) is 17.3 Å². The molecule has 1 amide bonds. The summed E-state index contributed by atoms with van der Waals surface area (Å²) >= 11 is 0. The molecule has 1 aliphatic rings. The highest BCUT2D eigenvalue weighted by molar-refractivity contribution is 5.94. The van der Waals surface area contributed by atoms with Gasteiger partial charge in [0.25, 0.3) is 5.91 Å². The average molecular weight is 391 g/mol. The molecule has 0 saturated carbocycles. The monoisotopic (exact) mass is 390 g/mol. The number of benzene rings is 1. The first-order valence-electron chi connectivity index (χ1n) is 7.83. The number of hydrogen-bond acceptors (Lipinski definition) is 5. The van der Waals surface area contributed by atoms with Gasteiger partial charge in [-0.3, -0.25) is 4.79 Å².